The maximum atomic E-state index is 5.98. The molecule has 0 bridgehead atoms. The Balaban J connectivity index is 2.13. The topological polar surface area (TPSA) is 35.2 Å². The lowest BCUT2D eigenvalue weighted by Crippen LogP contribution is -2.12. The van der Waals surface area contributed by atoms with E-state index in [4.69, 9.17) is 10.5 Å². The summed E-state index contributed by atoms with van der Waals surface area (Å²) in [6.07, 6.45) is 0.877. The SMILES string of the molecule is NCCC(Oc1cccc(Br)c1)c1cccs1. The molecule has 0 aliphatic carbocycles. The summed E-state index contributed by atoms with van der Waals surface area (Å²) in [6, 6.07) is 12.0. The van der Waals surface area contributed by atoms with Crippen molar-refractivity contribution in [2.24, 2.45) is 5.73 Å². The van der Waals surface area contributed by atoms with E-state index < -0.39 is 0 Å². The van der Waals surface area contributed by atoms with Crippen molar-refractivity contribution in [2.75, 3.05) is 6.54 Å². The summed E-state index contributed by atoms with van der Waals surface area (Å²) in [5.41, 5.74) is 5.63. The number of hydrogen-bond donors (Lipinski definition) is 1. The van der Waals surface area contributed by atoms with E-state index >= 15 is 0 Å². The van der Waals surface area contributed by atoms with Crippen LogP contribution in [0.15, 0.2) is 46.3 Å². The molecule has 0 aliphatic rings. The van der Waals surface area contributed by atoms with Crippen molar-refractivity contribution in [2.45, 2.75) is 12.5 Å². The highest BCUT2D eigenvalue weighted by Gasteiger charge is 2.13. The second-order valence-electron chi connectivity index (χ2n) is 3.66. The standard InChI is InChI=1S/C13H14BrNOS/c14-10-3-1-4-11(9-10)16-12(6-7-15)13-5-2-8-17-13/h1-5,8-9,12H,6-7,15H2. The molecule has 90 valence electrons. The fourth-order valence-electron chi connectivity index (χ4n) is 1.59. The molecule has 1 atom stereocenters. The lowest BCUT2D eigenvalue weighted by atomic mass is 10.2. The summed E-state index contributed by atoms with van der Waals surface area (Å²) in [5, 5.41) is 2.06. The fourth-order valence-corrected chi connectivity index (χ4v) is 2.76. The first-order valence-corrected chi connectivity index (χ1v) is 7.12. The Labute approximate surface area is 114 Å². The Kier molecular flexibility index (Phi) is 4.59. The molecule has 0 fully saturated rings. The molecular formula is C13H14BrNOS. The van der Waals surface area contributed by atoms with Crippen molar-refractivity contribution in [3.8, 4) is 5.75 Å². The lowest BCUT2D eigenvalue weighted by Gasteiger charge is -2.17. The molecule has 0 aliphatic heterocycles. The maximum absolute atomic E-state index is 5.98. The van der Waals surface area contributed by atoms with Crippen molar-refractivity contribution >= 4 is 27.3 Å². The molecule has 17 heavy (non-hydrogen) atoms. The average molecular weight is 312 g/mol. The van der Waals surface area contributed by atoms with Gasteiger partial charge in [-0.05, 0) is 36.2 Å². The highest BCUT2D eigenvalue weighted by molar-refractivity contribution is 9.10. The van der Waals surface area contributed by atoms with Gasteiger partial charge in [0.25, 0.3) is 0 Å². The van der Waals surface area contributed by atoms with Crippen LogP contribution in [0, 0.1) is 0 Å². The van der Waals surface area contributed by atoms with Crippen LogP contribution >= 0.6 is 27.3 Å². The molecule has 4 heteroatoms. The molecule has 1 heterocycles. The van der Waals surface area contributed by atoms with Gasteiger partial charge >= 0.3 is 0 Å². The van der Waals surface area contributed by atoms with Gasteiger partial charge in [0.2, 0.25) is 0 Å². The van der Waals surface area contributed by atoms with Crippen molar-refractivity contribution in [1.82, 2.24) is 0 Å². The van der Waals surface area contributed by atoms with Crippen LogP contribution in [0.2, 0.25) is 0 Å². The van der Waals surface area contributed by atoms with Crippen molar-refractivity contribution < 1.29 is 4.74 Å². The van der Waals surface area contributed by atoms with Crippen molar-refractivity contribution in [3.05, 3.63) is 51.1 Å². The Bertz CT molecular complexity index is 458. The summed E-state index contributed by atoms with van der Waals surface area (Å²) in [7, 11) is 0. The average Bonchev–Trinajstić information content (AvgIpc) is 2.82. The van der Waals surface area contributed by atoms with Crippen LogP contribution in [0.1, 0.15) is 17.4 Å². The minimum atomic E-state index is 0.0503. The number of benzene rings is 1. The second-order valence-corrected chi connectivity index (χ2v) is 5.55. The number of nitrogens with two attached hydrogens (primary N) is 1. The zero-order valence-corrected chi connectivity index (χ0v) is 11.7. The molecular weight excluding hydrogens is 298 g/mol. The Hall–Kier alpha value is -0.840. The summed E-state index contributed by atoms with van der Waals surface area (Å²) < 4.78 is 7.00. The van der Waals surface area contributed by atoms with E-state index in [-0.39, 0.29) is 6.10 Å². The molecule has 1 unspecified atom stereocenters. The van der Waals surface area contributed by atoms with Gasteiger partial charge in [0, 0.05) is 15.8 Å². The maximum Gasteiger partial charge on any atom is 0.134 e. The molecule has 0 saturated heterocycles. The van der Waals surface area contributed by atoms with Crippen molar-refractivity contribution in [3.63, 3.8) is 0 Å². The molecule has 0 spiro atoms. The van der Waals surface area contributed by atoms with Crippen molar-refractivity contribution in [1.29, 1.82) is 0 Å². The van der Waals surface area contributed by atoms with E-state index in [1.807, 2.05) is 30.3 Å². The third kappa shape index (κ3) is 3.56. The van der Waals surface area contributed by atoms with Crippen LogP contribution in [0.3, 0.4) is 0 Å². The van der Waals surface area contributed by atoms with Gasteiger partial charge in [-0.3, -0.25) is 0 Å². The van der Waals surface area contributed by atoms with Gasteiger partial charge in [0.1, 0.15) is 11.9 Å². The smallest absolute Gasteiger partial charge is 0.134 e. The van der Waals surface area contributed by atoms with Crippen LogP contribution in [0.5, 0.6) is 5.75 Å². The van der Waals surface area contributed by atoms with Crippen LogP contribution < -0.4 is 10.5 Å². The highest BCUT2D eigenvalue weighted by Crippen LogP contribution is 2.28. The summed E-state index contributed by atoms with van der Waals surface area (Å²) in [4.78, 5) is 1.22. The normalized spacial score (nSPS) is 12.4. The van der Waals surface area contributed by atoms with E-state index in [1.54, 1.807) is 11.3 Å². The lowest BCUT2D eigenvalue weighted by molar-refractivity contribution is 0.201. The minimum absolute atomic E-state index is 0.0503. The Morgan fingerprint density at radius 2 is 2.18 bits per heavy atom. The van der Waals surface area contributed by atoms with E-state index in [0.29, 0.717) is 6.54 Å². The number of ether oxygens (including phenoxy) is 1. The van der Waals surface area contributed by atoms with Gasteiger partial charge in [-0.2, -0.15) is 0 Å². The van der Waals surface area contributed by atoms with Gasteiger partial charge in [0.05, 0.1) is 0 Å². The highest BCUT2D eigenvalue weighted by atomic mass is 79.9. The molecule has 2 nitrogen and oxygen atoms in total. The summed E-state index contributed by atoms with van der Waals surface area (Å²) in [5.74, 6) is 0.867. The van der Waals surface area contributed by atoms with Crippen LogP contribution in [0.25, 0.3) is 0 Å². The van der Waals surface area contributed by atoms with E-state index in [1.165, 1.54) is 4.88 Å². The first kappa shape index (κ1) is 12.6. The number of thiophene rings is 1. The fraction of sp³-hybridized carbons (Fsp3) is 0.231. The molecule has 1 aromatic heterocycles. The molecule has 0 radical (unpaired) electrons. The second kappa shape index (κ2) is 6.19. The van der Waals surface area contributed by atoms with Crippen LogP contribution in [-0.4, -0.2) is 6.54 Å². The third-order valence-electron chi connectivity index (χ3n) is 2.36. The Morgan fingerprint density at radius 1 is 1.29 bits per heavy atom. The first-order valence-electron chi connectivity index (χ1n) is 5.45. The molecule has 0 amide bonds. The summed E-state index contributed by atoms with van der Waals surface area (Å²) in [6.45, 7) is 0.622. The first-order chi connectivity index (χ1) is 8.29. The van der Waals surface area contributed by atoms with Crippen LogP contribution in [0.4, 0.5) is 0 Å². The van der Waals surface area contributed by atoms with Gasteiger partial charge in [-0.25, -0.2) is 0 Å². The van der Waals surface area contributed by atoms with Gasteiger partial charge in [-0.1, -0.05) is 28.1 Å². The van der Waals surface area contributed by atoms with E-state index in [2.05, 4.69) is 27.4 Å². The monoisotopic (exact) mass is 311 g/mol. The number of halogens is 1. The third-order valence-corrected chi connectivity index (χ3v) is 3.82. The van der Waals surface area contributed by atoms with E-state index in [0.717, 1.165) is 16.6 Å². The zero-order valence-electron chi connectivity index (χ0n) is 9.30. The number of rotatable bonds is 5. The van der Waals surface area contributed by atoms with Gasteiger partial charge in [0.15, 0.2) is 0 Å². The van der Waals surface area contributed by atoms with Gasteiger partial charge in [-0.15, -0.1) is 11.3 Å². The van der Waals surface area contributed by atoms with E-state index in [9.17, 15) is 0 Å². The largest absolute Gasteiger partial charge is 0.485 e. The molecule has 2 aromatic rings. The predicted octanol–water partition coefficient (Wildman–Crippen LogP) is 3.98. The molecule has 2 N–H and O–H groups in total. The molecule has 1 aromatic carbocycles. The predicted molar refractivity (Wildman–Crippen MR) is 75.5 cm³/mol. The van der Waals surface area contributed by atoms with Crippen LogP contribution in [-0.2, 0) is 0 Å². The Morgan fingerprint density at radius 3 is 2.82 bits per heavy atom. The van der Waals surface area contributed by atoms with Gasteiger partial charge < -0.3 is 10.5 Å². The quantitative estimate of drug-likeness (QED) is 0.906. The number of hydrogen-bond acceptors (Lipinski definition) is 3. The minimum Gasteiger partial charge on any atom is -0.485 e. The molecule has 0 saturated carbocycles. The molecule has 2 rings (SSSR count). The zero-order chi connectivity index (χ0) is 12.1. The summed E-state index contributed by atoms with van der Waals surface area (Å²) >= 11 is 5.14.